The summed E-state index contributed by atoms with van der Waals surface area (Å²) < 4.78 is 17.7. The molecule has 3 aromatic rings. The highest BCUT2D eigenvalue weighted by molar-refractivity contribution is 6.20. The second-order valence-electron chi connectivity index (χ2n) is 8.29. The molecule has 10 heteroatoms. The van der Waals surface area contributed by atoms with Crippen molar-refractivity contribution in [1.82, 2.24) is 4.74 Å². The topological polar surface area (TPSA) is 148 Å². The van der Waals surface area contributed by atoms with E-state index in [2.05, 4.69) is 0 Å². The summed E-state index contributed by atoms with van der Waals surface area (Å²) in [7, 11) is 1.08. The van der Waals surface area contributed by atoms with Crippen LogP contribution in [0.4, 0.5) is 0 Å². The van der Waals surface area contributed by atoms with Gasteiger partial charge in [-0.1, -0.05) is 12.1 Å². The van der Waals surface area contributed by atoms with Crippen LogP contribution in [0.15, 0.2) is 44.9 Å². The molecule has 3 heterocycles. The highest BCUT2D eigenvalue weighted by Crippen LogP contribution is 2.53. The van der Waals surface area contributed by atoms with Crippen molar-refractivity contribution >= 4 is 22.7 Å². The number of phenolic OH excluding ortho intramolecular Hbond substituents is 1. The quantitative estimate of drug-likeness (QED) is 0.368. The standard InChI is InChI=1S/C23H17NO9/c1-31-22(30)23-14(27)6-5-12(25)17(23)19(28)16-13(26)7-9-8-24-18-10(15(9)20(16)32-23)3-2-4-11(18)21(29)33-24/h2-4,7,14,25-27H,5-6,8H2,1H3/t14-,23+/m0/s1. The number of benzene rings is 2. The summed E-state index contributed by atoms with van der Waals surface area (Å²) in [5.41, 5.74) is -1.74. The van der Waals surface area contributed by atoms with Crippen LogP contribution in [-0.4, -0.2) is 50.6 Å². The largest absolute Gasteiger partial charge is 0.512 e. The molecule has 0 fully saturated rings. The number of phenols is 1. The lowest BCUT2D eigenvalue weighted by molar-refractivity contribution is -0.167. The molecule has 10 nitrogen and oxygen atoms in total. The Balaban J connectivity index is 1.73. The van der Waals surface area contributed by atoms with Crippen molar-refractivity contribution in [1.29, 1.82) is 0 Å². The Kier molecular flexibility index (Phi) is 3.72. The fourth-order valence-electron chi connectivity index (χ4n) is 5.20. The molecule has 0 saturated heterocycles. The molecule has 2 aromatic carbocycles. The highest BCUT2D eigenvalue weighted by Gasteiger charge is 2.61. The average molecular weight is 451 g/mol. The van der Waals surface area contributed by atoms with Crippen LogP contribution < -0.4 is 10.4 Å². The number of carbonyl (C=O) groups excluding carboxylic acids is 2. The van der Waals surface area contributed by atoms with Crippen molar-refractivity contribution < 1.29 is 38.9 Å². The Bertz CT molecular complexity index is 1510. The van der Waals surface area contributed by atoms with Gasteiger partial charge in [0.25, 0.3) is 5.60 Å². The maximum atomic E-state index is 13.6. The number of aromatic hydroxyl groups is 1. The van der Waals surface area contributed by atoms with Gasteiger partial charge in [0.1, 0.15) is 28.9 Å². The number of para-hydroxylation sites is 1. The summed E-state index contributed by atoms with van der Waals surface area (Å²) in [6, 6.07) is 6.30. The van der Waals surface area contributed by atoms with Gasteiger partial charge in [0.2, 0.25) is 5.78 Å². The zero-order chi connectivity index (χ0) is 23.2. The fourth-order valence-corrected chi connectivity index (χ4v) is 5.20. The number of aromatic nitrogens is 1. The Morgan fingerprint density at radius 2 is 2.03 bits per heavy atom. The third-order valence-corrected chi connectivity index (χ3v) is 6.61. The van der Waals surface area contributed by atoms with Gasteiger partial charge >= 0.3 is 11.6 Å². The van der Waals surface area contributed by atoms with Gasteiger partial charge in [-0.25, -0.2) is 14.3 Å². The summed E-state index contributed by atoms with van der Waals surface area (Å²) in [6.45, 7) is 0.0607. The maximum Gasteiger partial charge on any atom is 0.365 e. The minimum Gasteiger partial charge on any atom is -0.512 e. The number of ketones is 1. The smallest absolute Gasteiger partial charge is 0.365 e. The summed E-state index contributed by atoms with van der Waals surface area (Å²) in [6.07, 6.45) is -1.59. The zero-order valence-corrected chi connectivity index (χ0v) is 17.2. The highest BCUT2D eigenvalue weighted by atomic mass is 16.6. The van der Waals surface area contributed by atoms with Crippen molar-refractivity contribution in [3.05, 3.63) is 57.1 Å². The van der Waals surface area contributed by atoms with Crippen LogP contribution >= 0.6 is 0 Å². The van der Waals surface area contributed by atoms with Gasteiger partial charge in [-0.2, -0.15) is 0 Å². The second kappa shape index (κ2) is 6.26. The average Bonchev–Trinajstić information content (AvgIpc) is 3.11. The summed E-state index contributed by atoms with van der Waals surface area (Å²) in [4.78, 5) is 38.8. The predicted octanol–water partition coefficient (Wildman–Crippen LogP) is 1.78. The number of esters is 1. The summed E-state index contributed by atoms with van der Waals surface area (Å²) in [5, 5.41) is 32.5. The lowest BCUT2D eigenvalue weighted by Gasteiger charge is -2.43. The van der Waals surface area contributed by atoms with E-state index in [0.717, 1.165) is 7.11 Å². The molecule has 0 amide bonds. The van der Waals surface area contributed by atoms with Crippen LogP contribution in [0.2, 0.25) is 0 Å². The van der Waals surface area contributed by atoms with Crippen molar-refractivity contribution in [3.63, 3.8) is 0 Å². The van der Waals surface area contributed by atoms with E-state index in [4.69, 9.17) is 14.0 Å². The molecule has 2 aliphatic heterocycles. The Labute approximate surface area is 184 Å². The molecule has 1 aliphatic carbocycles. The first-order chi connectivity index (χ1) is 15.8. The van der Waals surface area contributed by atoms with E-state index in [1.165, 1.54) is 10.8 Å². The van der Waals surface area contributed by atoms with E-state index in [1.54, 1.807) is 18.2 Å². The molecule has 0 bridgehead atoms. The first-order valence-corrected chi connectivity index (χ1v) is 10.2. The van der Waals surface area contributed by atoms with Crippen LogP contribution in [0.5, 0.6) is 11.5 Å². The van der Waals surface area contributed by atoms with E-state index in [9.17, 15) is 29.7 Å². The molecule has 0 saturated carbocycles. The number of rotatable bonds is 1. The molecular weight excluding hydrogens is 434 g/mol. The SMILES string of the molecule is COC(=O)[C@]12Oc3c(c(O)cc4c3-c3cccc5c(=O)on(c35)C4)C(=O)C1=C(O)CC[C@@H]2O. The molecule has 6 rings (SSSR count). The first-order valence-electron chi connectivity index (χ1n) is 10.2. The van der Waals surface area contributed by atoms with Crippen LogP contribution in [0.3, 0.4) is 0 Å². The van der Waals surface area contributed by atoms with Gasteiger partial charge < -0.3 is 29.3 Å². The number of ether oxygens (including phenoxy) is 2. The molecule has 1 aromatic heterocycles. The van der Waals surface area contributed by atoms with Crippen molar-refractivity contribution in [2.75, 3.05) is 7.11 Å². The van der Waals surface area contributed by atoms with Gasteiger partial charge in [-0.15, -0.1) is 0 Å². The molecule has 2 atom stereocenters. The monoisotopic (exact) mass is 451 g/mol. The molecule has 168 valence electrons. The van der Waals surface area contributed by atoms with Gasteiger partial charge in [-0.3, -0.25) is 4.79 Å². The van der Waals surface area contributed by atoms with Gasteiger partial charge in [0.05, 0.1) is 30.1 Å². The molecule has 0 unspecified atom stereocenters. The number of allylic oxidation sites excluding steroid dienone is 1. The number of methoxy groups -OCH3 is 1. The summed E-state index contributed by atoms with van der Waals surface area (Å²) in [5.74, 6) is -2.88. The molecular formula is C23H17NO9. The van der Waals surface area contributed by atoms with Gasteiger partial charge in [0, 0.05) is 17.5 Å². The van der Waals surface area contributed by atoms with E-state index >= 15 is 0 Å². The number of aliphatic hydroxyl groups excluding tert-OH is 2. The van der Waals surface area contributed by atoms with Crippen molar-refractivity contribution in [3.8, 4) is 22.6 Å². The maximum absolute atomic E-state index is 13.6. The van der Waals surface area contributed by atoms with Crippen LogP contribution in [-0.2, 0) is 16.1 Å². The number of nitrogens with zero attached hydrogens (tertiary/aromatic N) is 1. The van der Waals surface area contributed by atoms with E-state index in [0.29, 0.717) is 27.6 Å². The lowest BCUT2D eigenvalue weighted by atomic mass is 9.73. The molecule has 3 aliphatic rings. The Morgan fingerprint density at radius 3 is 2.79 bits per heavy atom. The normalized spacial score (nSPS) is 23.0. The number of Topliss-reactive ketones (excluding diaryl/α,β-unsaturated/α-hetero) is 1. The number of aliphatic hydroxyl groups is 2. The summed E-state index contributed by atoms with van der Waals surface area (Å²) >= 11 is 0. The Morgan fingerprint density at radius 1 is 1.24 bits per heavy atom. The second-order valence-corrected chi connectivity index (χ2v) is 8.29. The lowest BCUT2D eigenvalue weighted by Crippen LogP contribution is -2.61. The van der Waals surface area contributed by atoms with Crippen LogP contribution in [0.1, 0.15) is 28.8 Å². The molecule has 3 N–H and O–H groups in total. The first kappa shape index (κ1) is 19.6. The molecule has 33 heavy (non-hydrogen) atoms. The number of carbonyl (C=O) groups is 2. The third-order valence-electron chi connectivity index (χ3n) is 6.61. The number of hydrogen-bond donors (Lipinski definition) is 3. The molecule has 0 radical (unpaired) electrons. The minimum atomic E-state index is -2.30. The van der Waals surface area contributed by atoms with Gasteiger partial charge in [0.15, 0.2) is 0 Å². The number of hydrogen-bond acceptors (Lipinski definition) is 9. The fraction of sp³-hybridized carbons (Fsp3) is 0.261. The van der Waals surface area contributed by atoms with Crippen LogP contribution in [0, 0.1) is 0 Å². The predicted molar refractivity (Wildman–Crippen MR) is 111 cm³/mol. The van der Waals surface area contributed by atoms with E-state index in [-0.39, 0.29) is 30.7 Å². The van der Waals surface area contributed by atoms with E-state index in [1.807, 2.05) is 0 Å². The molecule has 0 spiro atoms. The Hall–Kier alpha value is -4.05. The van der Waals surface area contributed by atoms with Crippen molar-refractivity contribution in [2.45, 2.75) is 31.1 Å². The minimum absolute atomic E-state index is 0.0496. The zero-order valence-electron chi connectivity index (χ0n) is 17.2. The van der Waals surface area contributed by atoms with Crippen molar-refractivity contribution in [2.24, 2.45) is 0 Å². The van der Waals surface area contributed by atoms with Gasteiger partial charge in [-0.05, 0) is 24.1 Å². The van der Waals surface area contributed by atoms with Crippen LogP contribution in [0.25, 0.3) is 22.0 Å². The third kappa shape index (κ3) is 2.23. The number of fused-ring (bicyclic) bond motifs is 5. The van der Waals surface area contributed by atoms with E-state index < -0.39 is 46.2 Å².